The van der Waals surface area contributed by atoms with Crippen molar-refractivity contribution in [1.29, 1.82) is 0 Å². The molecule has 1 amide bonds. The molecule has 1 aromatic rings. The molecular formula is C12H12FNO4. The van der Waals surface area contributed by atoms with Crippen LogP contribution < -0.4 is 0 Å². The molecule has 6 heteroatoms. The highest BCUT2D eigenvalue weighted by Gasteiger charge is 2.33. The Hall–Kier alpha value is -2.11. The van der Waals surface area contributed by atoms with Gasteiger partial charge in [0.25, 0.3) is 5.91 Å². The van der Waals surface area contributed by atoms with Crippen molar-refractivity contribution in [3.8, 4) is 5.75 Å². The zero-order valence-corrected chi connectivity index (χ0v) is 9.47. The minimum absolute atomic E-state index is 0.0128. The molecule has 2 rings (SSSR count). The summed E-state index contributed by atoms with van der Waals surface area (Å²) in [5, 5.41) is 18.1. The summed E-state index contributed by atoms with van der Waals surface area (Å²) in [6.45, 7) is 0.641. The lowest BCUT2D eigenvalue weighted by atomic mass is 9.95. The first kappa shape index (κ1) is 12.3. The molecular weight excluding hydrogens is 241 g/mol. The van der Waals surface area contributed by atoms with E-state index >= 15 is 0 Å². The number of hydrogen-bond acceptors (Lipinski definition) is 3. The number of hydrogen-bond donors (Lipinski definition) is 2. The fourth-order valence-electron chi connectivity index (χ4n) is 1.96. The van der Waals surface area contributed by atoms with Crippen LogP contribution in [-0.2, 0) is 4.79 Å². The van der Waals surface area contributed by atoms with Gasteiger partial charge in [-0.1, -0.05) is 0 Å². The van der Waals surface area contributed by atoms with Gasteiger partial charge in [-0.05, 0) is 18.2 Å². The monoisotopic (exact) mass is 253 g/mol. The second kappa shape index (κ2) is 4.64. The average molecular weight is 253 g/mol. The summed E-state index contributed by atoms with van der Waals surface area (Å²) in [4.78, 5) is 23.7. The van der Waals surface area contributed by atoms with Crippen molar-refractivity contribution < 1.29 is 24.2 Å². The highest BCUT2D eigenvalue weighted by atomic mass is 19.1. The van der Waals surface area contributed by atoms with Crippen LogP contribution in [0.3, 0.4) is 0 Å². The van der Waals surface area contributed by atoms with Crippen LogP contribution in [0.1, 0.15) is 16.8 Å². The molecule has 1 heterocycles. The van der Waals surface area contributed by atoms with Gasteiger partial charge in [-0.15, -0.1) is 0 Å². The minimum Gasteiger partial charge on any atom is -0.507 e. The van der Waals surface area contributed by atoms with Crippen LogP contribution in [-0.4, -0.2) is 40.1 Å². The number of carbonyl (C=O) groups excluding carboxylic acids is 1. The normalized spacial score (nSPS) is 15.3. The second-order valence-electron chi connectivity index (χ2n) is 4.34. The van der Waals surface area contributed by atoms with Crippen molar-refractivity contribution >= 4 is 11.9 Å². The van der Waals surface area contributed by atoms with Gasteiger partial charge < -0.3 is 15.1 Å². The standard InChI is InChI=1S/C12H12FNO4/c13-8-1-2-10(15)9(4-8)12(18)14-5-7(6-14)3-11(16)17/h1-2,4,7,15H,3,5-6H2,(H,16,17). The van der Waals surface area contributed by atoms with E-state index in [1.54, 1.807) is 0 Å². The van der Waals surface area contributed by atoms with Crippen LogP contribution in [0.15, 0.2) is 18.2 Å². The first-order valence-corrected chi connectivity index (χ1v) is 5.47. The van der Waals surface area contributed by atoms with E-state index in [0.717, 1.165) is 18.2 Å². The second-order valence-corrected chi connectivity index (χ2v) is 4.34. The van der Waals surface area contributed by atoms with Crippen molar-refractivity contribution in [2.24, 2.45) is 5.92 Å². The van der Waals surface area contributed by atoms with Crippen LogP contribution in [0.4, 0.5) is 4.39 Å². The van der Waals surface area contributed by atoms with E-state index in [1.165, 1.54) is 4.90 Å². The van der Waals surface area contributed by atoms with Crippen molar-refractivity contribution in [3.05, 3.63) is 29.6 Å². The van der Waals surface area contributed by atoms with Crippen molar-refractivity contribution in [3.63, 3.8) is 0 Å². The number of likely N-dealkylation sites (tertiary alicyclic amines) is 1. The third-order valence-electron chi connectivity index (χ3n) is 2.90. The number of carbonyl (C=O) groups is 2. The number of carboxylic acid groups (broad SMARTS) is 1. The molecule has 1 fully saturated rings. The topological polar surface area (TPSA) is 77.8 Å². The summed E-state index contributed by atoms with van der Waals surface area (Å²) in [6.07, 6.45) is 0.0128. The van der Waals surface area contributed by atoms with Gasteiger partial charge in [0.15, 0.2) is 0 Å². The molecule has 0 bridgehead atoms. The molecule has 1 aliphatic heterocycles. The maximum Gasteiger partial charge on any atom is 0.303 e. The summed E-state index contributed by atoms with van der Waals surface area (Å²) >= 11 is 0. The number of aromatic hydroxyl groups is 1. The molecule has 1 aromatic carbocycles. The molecule has 0 aliphatic carbocycles. The van der Waals surface area contributed by atoms with Crippen LogP contribution in [0.2, 0.25) is 0 Å². The van der Waals surface area contributed by atoms with Gasteiger partial charge in [0.1, 0.15) is 11.6 Å². The Morgan fingerprint density at radius 3 is 2.67 bits per heavy atom. The van der Waals surface area contributed by atoms with E-state index in [2.05, 4.69) is 0 Å². The first-order valence-electron chi connectivity index (χ1n) is 5.47. The molecule has 0 aromatic heterocycles. The van der Waals surface area contributed by atoms with Gasteiger partial charge in [-0.3, -0.25) is 9.59 Å². The van der Waals surface area contributed by atoms with Crippen molar-refractivity contribution in [2.45, 2.75) is 6.42 Å². The Labute approximate surface area is 102 Å². The molecule has 1 aliphatic rings. The molecule has 0 spiro atoms. The van der Waals surface area contributed by atoms with Gasteiger partial charge in [0.05, 0.1) is 12.0 Å². The van der Waals surface area contributed by atoms with Crippen molar-refractivity contribution in [1.82, 2.24) is 4.90 Å². The zero-order valence-electron chi connectivity index (χ0n) is 9.47. The molecule has 1 saturated heterocycles. The number of amides is 1. The number of nitrogens with zero attached hydrogens (tertiary/aromatic N) is 1. The van der Waals surface area contributed by atoms with Crippen LogP contribution in [0.5, 0.6) is 5.75 Å². The quantitative estimate of drug-likeness (QED) is 0.844. The molecule has 18 heavy (non-hydrogen) atoms. The predicted molar refractivity (Wildman–Crippen MR) is 59.7 cm³/mol. The molecule has 0 atom stereocenters. The third-order valence-corrected chi connectivity index (χ3v) is 2.90. The smallest absolute Gasteiger partial charge is 0.303 e. The highest BCUT2D eigenvalue weighted by molar-refractivity contribution is 5.97. The summed E-state index contributed by atoms with van der Waals surface area (Å²) in [7, 11) is 0. The number of halogens is 1. The lowest BCUT2D eigenvalue weighted by molar-refractivity contribution is -0.139. The van der Waals surface area contributed by atoms with Crippen LogP contribution in [0, 0.1) is 11.7 Å². The van der Waals surface area contributed by atoms with E-state index in [4.69, 9.17) is 5.11 Å². The fourth-order valence-corrected chi connectivity index (χ4v) is 1.96. The highest BCUT2D eigenvalue weighted by Crippen LogP contribution is 2.25. The fraction of sp³-hybridized carbons (Fsp3) is 0.333. The summed E-state index contributed by atoms with van der Waals surface area (Å²) in [5.41, 5.74) is -0.0937. The SMILES string of the molecule is O=C(O)CC1CN(C(=O)c2cc(F)ccc2O)C1. The Morgan fingerprint density at radius 1 is 1.39 bits per heavy atom. The van der Waals surface area contributed by atoms with E-state index in [9.17, 15) is 19.1 Å². The Kier molecular flexibility index (Phi) is 3.18. The largest absolute Gasteiger partial charge is 0.507 e. The average Bonchev–Trinajstić information content (AvgIpc) is 2.25. The van der Waals surface area contributed by atoms with E-state index in [1.807, 2.05) is 0 Å². The lowest BCUT2D eigenvalue weighted by Crippen LogP contribution is -2.50. The van der Waals surface area contributed by atoms with Gasteiger partial charge in [-0.2, -0.15) is 0 Å². The number of aliphatic carboxylic acids is 1. The van der Waals surface area contributed by atoms with Crippen molar-refractivity contribution in [2.75, 3.05) is 13.1 Å². The first-order chi connectivity index (χ1) is 8.47. The maximum absolute atomic E-state index is 13.0. The zero-order chi connectivity index (χ0) is 13.3. The van der Waals surface area contributed by atoms with E-state index in [-0.39, 0.29) is 23.7 Å². The molecule has 0 saturated carbocycles. The lowest BCUT2D eigenvalue weighted by Gasteiger charge is -2.38. The number of phenols is 1. The van der Waals surface area contributed by atoms with Crippen LogP contribution >= 0.6 is 0 Å². The maximum atomic E-state index is 13.0. The molecule has 0 radical (unpaired) electrons. The number of rotatable bonds is 3. The minimum atomic E-state index is -0.902. The Morgan fingerprint density at radius 2 is 2.06 bits per heavy atom. The molecule has 0 unspecified atom stereocenters. The third kappa shape index (κ3) is 2.42. The molecule has 2 N–H and O–H groups in total. The Balaban J connectivity index is 2.01. The summed E-state index contributed by atoms with van der Waals surface area (Å²) < 4.78 is 13.0. The predicted octanol–water partition coefficient (Wildman–Crippen LogP) is 1.08. The number of phenolic OH excluding ortho intramolecular Hbond substituents is 1. The molecule has 96 valence electrons. The van der Waals surface area contributed by atoms with Crippen LogP contribution in [0.25, 0.3) is 0 Å². The van der Waals surface area contributed by atoms with Gasteiger partial charge in [0.2, 0.25) is 0 Å². The van der Waals surface area contributed by atoms with E-state index in [0.29, 0.717) is 13.1 Å². The number of benzene rings is 1. The van der Waals surface area contributed by atoms with Gasteiger partial charge >= 0.3 is 5.97 Å². The summed E-state index contributed by atoms with van der Waals surface area (Å²) in [6, 6.07) is 3.16. The van der Waals surface area contributed by atoms with E-state index < -0.39 is 17.7 Å². The van der Waals surface area contributed by atoms with Gasteiger partial charge in [0, 0.05) is 19.0 Å². The Bertz CT molecular complexity index is 497. The summed E-state index contributed by atoms with van der Waals surface area (Å²) in [5.74, 6) is -2.32. The molecule has 5 nitrogen and oxygen atoms in total. The number of carboxylic acids is 1. The van der Waals surface area contributed by atoms with Gasteiger partial charge in [-0.25, -0.2) is 4.39 Å².